The molecule has 2 atom stereocenters. The second-order valence-electron chi connectivity index (χ2n) is 6.05. The van der Waals surface area contributed by atoms with Gasteiger partial charge in [0.15, 0.2) is 0 Å². The van der Waals surface area contributed by atoms with E-state index in [0.717, 1.165) is 49.8 Å². The predicted octanol–water partition coefficient (Wildman–Crippen LogP) is 2.47. The number of aryl methyl sites for hydroxylation is 2. The van der Waals surface area contributed by atoms with Crippen LogP contribution in [0.25, 0.3) is 0 Å². The number of ether oxygens (including phenoxy) is 1. The smallest absolute Gasteiger partial charge is 0.105 e. The molecule has 0 spiro atoms. The predicted molar refractivity (Wildman–Crippen MR) is 91.7 cm³/mol. The molecule has 1 aliphatic rings. The van der Waals surface area contributed by atoms with E-state index in [1.807, 2.05) is 36.8 Å². The zero-order chi connectivity index (χ0) is 16.1. The average Bonchev–Trinajstić information content (AvgIpc) is 3.21. The van der Waals surface area contributed by atoms with E-state index in [2.05, 4.69) is 14.5 Å². The van der Waals surface area contributed by atoms with Crippen molar-refractivity contribution >= 4 is 11.3 Å². The van der Waals surface area contributed by atoms with Gasteiger partial charge in [0.2, 0.25) is 0 Å². The molecule has 0 bridgehead atoms. The molecule has 1 aliphatic heterocycles. The van der Waals surface area contributed by atoms with Gasteiger partial charge in [-0.3, -0.25) is 4.90 Å². The van der Waals surface area contributed by atoms with Crippen molar-refractivity contribution in [3.63, 3.8) is 0 Å². The summed E-state index contributed by atoms with van der Waals surface area (Å²) in [5.41, 5.74) is 0. The maximum Gasteiger partial charge on any atom is 0.105 e. The second-order valence-corrected chi connectivity index (χ2v) is 7.03. The van der Waals surface area contributed by atoms with Crippen LogP contribution in [0.2, 0.25) is 0 Å². The molecule has 1 N–H and O–H groups in total. The van der Waals surface area contributed by atoms with Gasteiger partial charge in [0.1, 0.15) is 5.82 Å². The van der Waals surface area contributed by atoms with Gasteiger partial charge in [0.25, 0.3) is 0 Å². The van der Waals surface area contributed by atoms with Crippen molar-refractivity contribution in [2.24, 2.45) is 0 Å². The molecule has 3 heterocycles. The molecule has 0 aromatic carbocycles. The summed E-state index contributed by atoms with van der Waals surface area (Å²) in [4.78, 5) is 7.77. The summed E-state index contributed by atoms with van der Waals surface area (Å²) in [7, 11) is 0. The number of aliphatic hydroxyl groups excluding tert-OH is 1. The molecule has 3 rings (SSSR count). The Morgan fingerprint density at radius 3 is 3.13 bits per heavy atom. The van der Waals surface area contributed by atoms with Crippen LogP contribution in [0.1, 0.15) is 29.6 Å². The molecule has 0 aliphatic carbocycles. The van der Waals surface area contributed by atoms with E-state index in [-0.39, 0.29) is 6.10 Å². The van der Waals surface area contributed by atoms with Crippen molar-refractivity contribution in [3.05, 3.63) is 40.6 Å². The van der Waals surface area contributed by atoms with Gasteiger partial charge in [0.05, 0.1) is 19.3 Å². The molecule has 5 nitrogen and oxygen atoms in total. The van der Waals surface area contributed by atoms with Crippen LogP contribution in [0.15, 0.2) is 29.9 Å². The van der Waals surface area contributed by atoms with Gasteiger partial charge in [0, 0.05) is 42.9 Å². The van der Waals surface area contributed by atoms with E-state index in [1.54, 1.807) is 11.3 Å². The van der Waals surface area contributed by atoms with Crippen molar-refractivity contribution in [2.75, 3.05) is 26.3 Å². The van der Waals surface area contributed by atoms with E-state index in [0.29, 0.717) is 12.6 Å². The molecular weight excluding hydrogens is 310 g/mol. The van der Waals surface area contributed by atoms with Crippen molar-refractivity contribution in [1.82, 2.24) is 14.5 Å². The van der Waals surface area contributed by atoms with Crippen LogP contribution in [0, 0.1) is 6.92 Å². The Kier molecular flexibility index (Phi) is 5.83. The van der Waals surface area contributed by atoms with Crippen LogP contribution in [-0.4, -0.2) is 51.9 Å². The summed E-state index contributed by atoms with van der Waals surface area (Å²) in [6, 6.07) is 4.29. The first-order chi connectivity index (χ1) is 11.2. The van der Waals surface area contributed by atoms with E-state index in [4.69, 9.17) is 4.74 Å². The first-order valence-electron chi connectivity index (χ1n) is 8.25. The maximum atomic E-state index is 10.4. The zero-order valence-electron chi connectivity index (χ0n) is 13.6. The quantitative estimate of drug-likeness (QED) is 0.844. The van der Waals surface area contributed by atoms with E-state index < -0.39 is 0 Å². The van der Waals surface area contributed by atoms with E-state index >= 15 is 0 Å². The van der Waals surface area contributed by atoms with Gasteiger partial charge in [-0.25, -0.2) is 4.98 Å². The Morgan fingerprint density at radius 1 is 1.48 bits per heavy atom. The topological polar surface area (TPSA) is 50.5 Å². The Bertz CT molecular complexity index is 584. The number of thiophene rings is 1. The Labute approximate surface area is 141 Å². The van der Waals surface area contributed by atoms with E-state index in [1.165, 1.54) is 0 Å². The molecule has 0 saturated carbocycles. The van der Waals surface area contributed by atoms with Crippen molar-refractivity contribution in [1.29, 1.82) is 0 Å². The fraction of sp³-hybridized carbons (Fsp3) is 0.588. The Balaban J connectivity index is 1.51. The standard InChI is InChI=1S/C17H25N3O2S/c1-14-18-5-8-19(14)6-3-7-20-9-10-22-13-15(20)12-16(21)17-4-2-11-23-17/h2,4-5,8,11,15-16,21H,3,6-7,9-10,12-13H2,1H3. The molecule has 23 heavy (non-hydrogen) atoms. The monoisotopic (exact) mass is 335 g/mol. The van der Waals surface area contributed by atoms with Crippen LogP contribution >= 0.6 is 11.3 Å². The molecule has 2 aromatic heterocycles. The van der Waals surface area contributed by atoms with E-state index in [9.17, 15) is 5.11 Å². The molecule has 126 valence electrons. The summed E-state index contributed by atoms with van der Waals surface area (Å²) >= 11 is 1.62. The van der Waals surface area contributed by atoms with Gasteiger partial charge in [-0.05, 0) is 31.2 Å². The SMILES string of the molecule is Cc1nccn1CCCN1CCOCC1CC(O)c1cccs1. The highest BCUT2D eigenvalue weighted by Gasteiger charge is 2.26. The lowest BCUT2D eigenvalue weighted by molar-refractivity contribution is -0.0264. The summed E-state index contributed by atoms with van der Waals surface area (Å²) in [5.74, 6) is 1.07. The third-order valence-corrected chi connectivity index (χ3v) is 5.46. The second kappa shape index (κ2) is 8.06. The van der Waals surface area contributed by atoms with Crippen LogP contribution in [0.3, 0.4) is 0 Å². The highest BCUT2D eigenvalue weighted by molar-refractivity contribution is 7.10. The molecule has 1 saturated heterocycles. The lowest BCUT2D eigenvalue weighted by Gasteiger charge is -2.36. The highest BCUT2D eigenvalue weighted by atomic mass is 32.1. The third kappa shape index (κ3) is 4.41. The third-order valence-electron chi connectivity index (χ3n) is 4.48. The summed E-state index contributed by atoms with van der Waals surface area (Å²) < 4.78 is 7.83. The fourth-order valence-electron chi connectivity index (χ4n) is 3.14. The number of nitrogens with zero attached hydrogens (tertiary/aromatic N) is 3. The van der Waals surface area contributed by atoms with Gasteiger partial charge < -0.3 is 14.4 Å². The summed E-state index contributed by atoms with van der Waals surface area (Å²) in [6.45, 7) is 6.51. The number of aromatic nitrogens is 2. The van der Waals surface area contributed by atoms with Gasteiger partial charge in [-0.1, -0.05) is 6.07 Å². The molecule has 1 fully saturated rings. The minimum atomic E-state index is -0.389. The first kappa shape index (κ1) is 16.6. The normalized spacial score (nSPS) is 20.7. The molecule has 6 heteroatoms. The van der Waals surface area contributed by atoms with Crippen molar-refractivity contribution in [3.8, 4) is 0 Å². The first-order valence-corrected chi connectivity index (χ1v) is 9.13. The molecule has 2 aromatic rings. The molecule has 2 unspecified atom stereocenters. The van der Waals surface area contributed by atoms with Gasteiger partial charge >= 0.3 is 0 Å². The van der Waals surface area contributed by atoms with Crippen LogP contribution in [0.5, 0.6) is 0 Å². The number of aliphatic hydroxyl groups is 1. The van der Waals surface area contributed by atoms with Gasteiger partial charge in [-0.2, -0.15) is 0 Å². The summed E-state index contributed by atoms with van der Waals surface area (Å²) in [5, 5.41) is 12.4. The number of hydrogen-bond donors (Lipinski definition) is 1. The lowest BCUT2D eigenvalue weighted by atomic mass is 10.1. The summed E-state index contributed by atoms with van der Waals surface area (Å²) in [6.07, 6.45) is 5.32. The van der Waals surface area contributed by atoms with Crippen LogP contribution < -0.4 is 0 Å². The minimum Gasteiger partial charge on any atom is -0.388 e. The van der Waals surface area contributed by atoms with Crippen molar-refractivity contribution in [2.45, 2.75) is 38.5 Å². The minimum absolute atomic E-state index is 0.296. The Hall–Kier alpha value is -1.21. The number of imidazole rings is 1. The maximum absolute atomic E-state index is 10.4. The van der Waals surface area contributed by atoms with Crippen LogP contribution in [0.4, 0.5) is 0 Å². The molecule has 0 amide bonds. The Morgan fingerprint density at radius 2 is 2.39 bits per heavy atom. The average molecular weight is 335 g/mol. The number of morpholine rings is 1. The van der Waals surface area contributed by atoms with Crippen molar-refractivity contribution < 1.29 is 9.84 Å². The zero-order valence-corrected chi connectivity index (χ0v) is 14.4. The lowest BCUT2D eigenvalue weighted by Crippen LogP contribution is -2.46. The molecular formula is C17H25N3O2S. The molecule has 0 radical (unpaired) electrons. The number of rotatable bonds is 7. The largest absolute Gasteiger partial charge is 0.388 e. The fourth-order valence-corrected chi connectivity index (χ4v) is 3.86. The van der Waals surface area contributed by atoms with Crippen LogP contribution in [-0.2, 0) is 11.3 Å². The number of hydrogen-bond acceptors (Lipinski definition) is 5. The van der Waals surface area contributed by atoms with Gasteiger partial charge in [-0.15, -0.1) is 11.3 Å². The highest BCUT2D eigenvalue weighted by Crippen LogP contribution is 2.26.